The molecule has 1 unspecified atom stereocenters. The van der Waals surface area contributed by atoms with Gasteiger partial charge >= 0.3 is 25.7 Å². The van der Waals surface area contributed by atoms with Gasteiger partial charge in [-0.1, -0.05) is 140 Å². The lowest BCUT2D eigenvalue weighted by Crippen LogP contribution is -2.34. The minimum atomic E-state index is -4.72. The molecule has 0 heterocycles. The molecule has 0 spiro atoms. The Morgan fingerprint density at radius 2 is 0.981 bits per heavy atom. The van der Waals surface area contributed by atoms with Crippen molar-refractivity contribution in [3.63, 3.8) is 0 Å². The van der Waals surface area contributed by atoms with E-state index in [2.05, 4.69) is 54.8 Å². The average Bonchev–Trinajstić information content (AvgIpc) is 3.14. The molecule has 11 nitrogen and oxygen atoms in total. The number of carbonyl (C=O) groups excluding carboxylic acids is 2. The van der Waals surface area contributed by atoms with Gasteiger partial charge in [0.05, 0.1) is 13.2 Å². The largest absolute Gasteiger partial charge is 0.480 e. The van der Waals surface area contributed by atoms with Crippen LogP contribution in [0.1, 0.15) is 181 Å². The second-order valence-electron chi connectivity index (χ2n) is 14.1. The SMILES string of the molecule is CCCCCC/C=C/C=C/CCCCCCCC(=O)OC[C@H](COP(=O)(O)OC[C@H](N)C(=O)O)OC(=O)CCCCCCCCC/C=C/CCCCCC. The van der Waals surface area contributed by atoms with Crippen molar-refractivity contribution in [2.75, 3.05) is 19.8 Å². The number of phosphoric ester groups is 1. The Morgan fingerprint density at radius 3 is 1.46 bits per heavy atom. The van der Waals surface area contributed by atoms with Crippen molar-refractivity contribution in [1.29, 1.82) is 0 Å². The molecule has 0 aliphatic rings. The second kappa shape index (κ2) is 37.6. The number of carbonyl (C=O) groups is 3. The van der Waals surface area contributed by atoms with Crippen molar-refractivity contribution < 1.29 is 47.5 Å². The third-order valence-electron chi connectivity index (χ3n) is 8.89. The number of nitrogens with two attached hydrogens (primary N) is 1. The molecule has 0 saturated carbocycles. The van der Waals surface area contributed by atoms with E-state index in [0.29, 0.717) is 12.8 Å². The summed E-state index contributed by atoms with van der Waals surface area (Å²) in [6.07, 6.45) is 39.2. The van der Waals surface area contributed by atoms with Gasteiger partial charge in [0.25, 0.3) is 0 Å². The summed E-state index contributed by atoms with van der Waals surface area (Å²) >= 11 is 0. The van der Waals surface area contributed by atoms with Gasteiger partial charge in [-0.2, -0.15) is 0 Å². The fraction of sp³-hybridized carbons (Fsp3) is 0.786. The molecule has 0 aromatic heterocycles. The van der Waals surface area contributed by atoms with E-state index in [1.165, 1.54) is 70.6 Å². The van der Waals surface area contributed by atoms with Crippen LogP contribution in [-0.2, 0) is 37.5 Å². The molecule has 4 N–H and O–H groups in total. The summed E-state index contributed by atoms with van der Waals surface area (Å²) in [5, 5.41) is 8.88. The van der Waals surface area contributed by atoms with Crippen LogP contribution in [0.4, 0.5) is 0 Å². The number of rotatable bonds is 39. The van der Waals surface area contributed by atoms with E-state index in [1.807, 2.05) is 0 Å². The topological polar surface area (TPSA) is 172 Å². The number of aliphatic carboxylic acids is 1. The van der Waals surface area contributed by atoms with Gasteiger partial charge in [-0.25, -0.2) is 4.57 Å². The van der Waals surface area contributed by atoms with Gasteiger partial charge in [0.15, 0.2) is 6.10 Å². The van der Waals surface area contributed by atoms with Crippen LogP contribution in [0.15, 0.2) is 36.5 Å². The van der Waals surface area contributed by atoms with Crippen LogP contribution in [0, 0.1) is 0 Å². The Labute approximate surface area is 327 Å². The summed E-state index contributed by atoms with van der Waals surface area (Å²) in [7, 11) is -4.72. The summed E-state index contributed by atoms with van der Waals surface area (Å²) in [4.78, 5) is 45.9. The number of allylic oxidation sites excluding steroid dienone is 6. The molecule has 0 aliphatic carbocycles. The fourth-order valence-corrected chi connectivity index (χ4v) is 6.30. The Balaban J connectivity index is 4.42. The van der Waals surface area contributed by atoms with Gasteiger partial charge in [-0.15, -0.1) is 0 Å². The number of ether oxygens (including phenoxy) is 2. The van der Waals surface area contributed by atoms with Gasteiger partial charge in [-0.05, 0) is 64.2 Å². The van der Waals surface area contributed by atoms with E-state index >= 15 is 0 Å². The summed E-state index contributed by atoms with van der Waals surface area (Å²) in [5.74, 6) is -2.40. The van der Waals surface area contributed by atoms with Crippen molar-refractivity contribution in [2.24, 2.45) is 5.73 Å². The Kier molecular flexibility index (Phi) is 36.0. The molecular weight excluding hydrogens is 709 g/mol. The van der Waals surface area contributed by atoms with Crippen molar-refractivity contribution in [3.05, 3.63) is 36.5 Å². The number of hydrogen-bond donors (Lipinski definition) is 3. The van der Waals surface area contributed by atoms with Crippen LogP contribution in [-0.4, -0.2) is 59.9 Å². The number of hydrogen-bond acceptors (Lipinski definition) is 9. The molecule has 0 aromatic rings. The van der Waals surface area contributed by atoms with E-state index in [4.69, 9.17) is 24.8 Å². The first-order valence-corrected chi connectivity index (χ1v) is 22.5. The molecule has 12 heteroatoms. The molecule has 0 fully saturated rings. The Morgan fingerprint density at radius 1 is 0.574 bits per heavy atom. The van der Waals surface area contributed by atoms with E-state index < -0.39 is 51.1 Å². The lowest BCUT2D eigenvalue weighted by atomic mass is 10.1. The first-order chi connectivity index (χ1) is 26.1. The third kappa shape index (κ3) is 36.7. The zero-order valence-corrected chi connectivity index (χ0v) is 34.7. The van der Waals surface area contributed by atoms with E-state index in [1.54, 1.807) is 0 Å². The maximum absolute atomic E-state index is 12.6. The zero-order valence-electron chi connectivity index (χ0n) is 33.8. The molecular formula is C42H76NO10P. The van der Waals surface area contributed by atoms with Crippen LogP contribution in [0.5, 0.6) is 0 Å². The smallest absolute Gasteiger partial charge is 0.472 e. The van der Waals surface area contributed by atoms with Gasteiger partial charge in [0.2, 0.25) is 0 Å². The quantitative estimate of drug-likeness (QED) is 0.0178. The average molecular weight is 786 g/mol. The second-order valence-corrected chi connectivity index (χ2v) is 15.6. The van der Waals surface area contributed by atoms with Gasteiger partial charge in [-0.3, -0.25) is 23.4 Å². The van der Waals surface area contributed by atoms with Crippen LogP contribution < -0.4 is 5.73 Å². The van der Waals surface area contributed by atoms with Gasteiger partial charge < -0.3 is 25.2 Å². The molecule has 0 saturated heterocycles. The number of phosphoric acid groups is 1. The monoisotopic (exact) mass is 786 g/mol. The molecule has 0 bridgehead atoms. The summed E-state index contributed by atoms with van der Waals surface area (Å²) < 4.78 is 32.6. The molecule has 54 heavy (non-hydrogen) atoms. The minimum Gasteiger partial charge on any atom is -0.480 e. The van der Waals surface area contributed by atoms with Crippen molar-refractivity contribution in [2.45, 2.75) is 193 Å². The first kappa shape index (κ1) is 51.7. The normalized spacial score (nSPS) is 14.1. The number of carboxylic acid groups (broad SMARTS) is 1. The Bertz CT molecular complexity index is 1060. The molecule has 0 amide bonds. The highest BCUT2D eigenvalue weighted by atomic mass is 31.2. The predicted molar refractivity (Wildman–Crippen MR) is 217 cm³/mol. The Hall–Kier alpha value is -2.30. The number of esters is 2. The zero-order chi connectivity index (χ0) is 40.0. The van der Waals surface area contributed by atoms with Gasteiger partial charge in [0.1, 0.15) is 12.6 Å². The van der Waals surface area contributed by atoms with Crippen LogP contribution in [0.25, 0.3) is 0 Å². The molecule has 3 atom stereocenters. The lowest BCUT2D eigenvalue weighted by molar-refractivity contribution is -0.161. The van der Waals surface area contributed by atoms with Crippen LogP contribution >= 0.6 is 7.82 Å². The predicted octanol–water partition coefficient (Wildman–Crippen LogP) is 10.8. The lowest BCUT2D eigenvalue weighted by Gasteiger charge is -2.20. The van der Waals surface area contributed by atoms with Gasteiger partial charge in [0, 0.05) is 12.8 Å². The summed E-state index contributed by atoms with van der Waals surface area (Å²) in [6.45, 7) is 2.74. The molecule has 0 aromatic carbocycles. The highest BCUT2D eigenvalue weighted by Gasteiger charge is 2.28. The fourth-order valence-electron chi connectivity index (χ4n) is 5.52. The maximum atomic E-state index is 12.6. The number of unbranched alkanes of at least 4 members (excludes halogenated alkanes) is 20. The van der Waals surface area contributed by atoms with E-state index in [0.717, 1.165) is 70.6 Å². The maximum Gasteiger partial charge on any atom is 0.472 e. The van der Waals surface area contributed by atoms with E-state index in [-0.39, 0.29) is 19.4 Å². The van der Waals surface area contributed by atoms with Crippen LogP contribution in [0.2, 0.25) is 0 Å². The first-order valence-electron chi connectivity index (χ1n) is 21.0. The molecule has 0 aliphatic heterocycles. The van der Waals surface area contributed by atoms with Crippen molar-refractivity contribution in [3.8, 4) is 0 Å². The minimum absolute atomic E-state index is 0.153. The van der Waals surface area contributed by atoms with E-state index in [9.17, 15) is 23.8 Å². The summed E-state index contributed by atoms with van der Waals surface area (Å²) in [6, 6.07) is -1.52. The molecule has 314 valence electrons. The highest BCUT2D eigenvalue weighted by molar-refractivity contribution is 7.47. The number of carboxylic acids is 1. The molecule has 0 radical (unpaired) electrons. The third-order valence-corrected chi connectivity index (χ3v) is 9.84. The molecule has 0 rings (SSSR count). The van der Waals surface area contributed by atoms with Crippen LogP contribution in [0.3, 0.4) is 0 Å². The van der Waals surface area contributed by atoms with Crippen molar-refractivity contribution >= 4 is 25.7 Å². The summed E-state index contributed by atoms with van der Waals surface area (Å²) in [5.41, 5.74) is 5.32. The highest BCUT2D eigenvalue weighted by Crippen LogP contribution is 2.43. The standard InChI is InChI=1S/C42H76NO10P/c1-3-5-7-9-11-13-15-17-19-21-23-25-27-29-31-33-40(44)50-35-38(36-51-54(48,49)52-37-39(43)42(46)47)53-41(45)34-32-30-28-26-24-22-20-18-16-14-12-10-8-6-4-2/h13-17,19,38-39H,3-12,18,20-37,43H2,1-2H3,(H,46,47)(H,48,49)/b15-13+,16-14+,19-17+/t38-,39+/m1/s1. The van der Waals surface area contributed by atoms with Crippen molar-refractivity contribution in [1.82, 2.24) is 0 Å².